The minimum Gasteiger partial charge on any atom is -0.352 e. The summed E-state index contributed by atoms with van der Waals surface area (Å²) in [5.41, 5.74) is 0. The molecule has 1 aliphatic carbocycles. The Morgan fingerprint density at radius 1 is 1.37 bits per heavy atom. The average molecular weight is 322 g/mol. The Labute approximate surface area is 122 Å². The maximum absolute atomic E-state index is 12.3. The molecule has 1 N–H and O–H groups in total. The summed E-state index contributed by atoms with van der Waals surface area (Å²) in [6.07, 6.45) is 1.81. The van der Waals surface area contributed by atoms with Crippen LogP contribution in [-0.2, 0) is 14.6 Å². The number of carbonyl (C=O) groups excluding carboxylic acids is 1. The molecule has 0 radical (unpaired) electrons. The molecule has 1 aliphatic rings. The van der Waals surface area contributed by atoms with Crippen molar-refractivity contribution in [2.45, 2.75) is 36.0 Å². The second-order valence-electron chi connectivity index (χ2n) is 4.54. The van der Waals surface area contributed by atoms with Gasteiger partial charge in [-0.25, -0.2) is 8.42 Å². The summed E-state index contributed by atoms with van der Waals surface area (Å²) in [6, 6.07) is 4.22. The van der Waals surface area contributed by atoms with Gasteiger partial charge in [0.25, 0.3) is 0 Å². The van der Waals surface area contributed by atoms with Crippen molar-refractivity contribution in [1.29, 1.82) is 0 Å². The van der Waals surface area contributed by atoms with Gasteiger partial charge in [0.15, 0.2) is 9.84 Å². The third-order valence-corrected chi connectivity index (χ3v) is 5.73. The second kappa shape index (κ2) is 5.31. The molecule has 0 spiro atoms. The summed E-state index contributed by atoms with van der Waals surface area (Å²) in [5.74, 6) is -0.492. The summed E-state index contributed by atoms with van der Waals surface area (Å²) >= 11 is 11.6. The number of sulfone groups is 1. The molecule has 2 rings (SSSR count). The van der Waals surface area contributed by atoms with E-state index in [1.54, 1.807) is 0 Å². The molecular formula is C12H13Cl2NO3S. The zero-order chi connectivity index (χ0) is 14.2. The van der Waals surface area contributed by atoms with Crippen LogP contribution in [0, 0.1) is 0 Å². The van der Waals surface area contributed by atoms with E-state index in [9.17, 15) is 13.2 Å². The van der Waals surface area contributed by atoms with E-state index in [1.165, 1.54) is 25.1 Å². The van der Waals surface area contributed by atoms with Gasteiger partial charge in [-0.3, -0.25) is 4.79 Å². The fourth-order valence-corrected chi connectivity index (χ4v) is 3.63. The molecule has 1 unspecified atom stereocenters. The maximum atomic E-state index is 12.3. The average Bonchev–Trinajstić information content (AvgIpc) is 3.11. The number of carbonyl (C=O) groups is 1. The Bertz CT molecular complexity index is 611. The predicted molar refractivity (Wildman–Crippen MR) is 74.3 cm³/mol. The lowest BCUT2D eigenvalue weighted by Gasteiger charge is -2.14. The van der Waals surface area contributed by atoms with Crippen LogP contribution in [0.1, 0.15) is 19.8 Å². The Morgan fingerprint density at radius 3 is 2.53 bits per heavy atom. The number of nitrogens with one attached hydrogen (secondary N) is 1. The van der Waals surface area contributed by atoms with Gasteiger partial charge in [0.2, 0.25) is 5.91 Å². The highest BCUT2D eigenvalue weighted by atomic mass is 35.5. The van der Waals surface area contributed by atoms with Crippen LogP contribution >= 0.6 is 23.2 Å². The van der Waals surface area contributed by atoms with Crippen LogP contribution in [0.25, 0.3) is 0 Å². The highest BCUT2D eigenvalue weighted by Gasteiger charge is 2.34. The topological polar surface area (TPSA) is 63.2 Å². The van der Waals surface area contributed by atoms with Crippen LogP contribution < -0.4 is 5.32 Å². The molecule has 0 saturated heterocycles. The normalized spacial score (nSPS) is 17.0. The number of amides is 1. The summed E-state index contributed by atoms with van der Waals surface area (Å²) in [4.78, 5) is 11.8. The van der Waals surface area contributed by atoms with Crippen LogP contribution in [0.5, 0.6) is 0 Å². The van der Waals surface area contributed by atoms with E-state index >= 15 is 0 Å². The van der Waals surface area contributed by atoms with Crippen molar-refractivity contribution >= 4 is 38.9 Å². The first-order valence-electron chi connectivity index (χ1n) is 5.81. The molecule has 1 fully saturated rings. The maximum Gasteiger partial charge on any atom is 0.238 e. The first kappa shape index (κ1) is 14.6. The quantitative estimate of drug-likeness (QED) is 0.926. The second-order valence-corrected chi connectivity index (χ2v) is 7.63. The smallest absolute Gasteiger partial charge is 0.238 e. The van der Waals surface area contributed by atoms with Gasteiger partial charge in [-0.2, -0.15) is 0 Å². The molecular weight excluding hydrogens is 309 g/mol. The Balaban J connectivity index is 2.27. The van der Waals surface area contributed by atoms with Gasteiger partial charge in [-0.15, -0.1) is 0 Å². The van der Waals surface area contributed by atoms with Crippen molar-refractivity contribution in [2.75, 3.05) is 0 Å². The van der Waals surface area contributed by atoms with Crippen LogP contribution in [-0.4, -0.2) is 25.6 Å². The number of benzene rings is 1. The Hall–Kier alpha value is -0.780. The van der Waals surface area contributed by atoms with Gasteiger partial charge in [0, 0.05) is 11.1 Å². The molecule has 1 amide bonds. The molecule has 1 saturated carbocycles. The first-order chi connectivity index (χ1) is 8.82. The fourth-order valence-electron chi connectivity index (χ4n) is 1.58. The first-order valence-corrected chi connectivity index (χ1v) is 8.12. The lowest BCUT2D eigenvalue weighted by atomic mass is 10.4. The summed E-state index contributed by atoms with van der Waals surface area (Å²) in [7, 11) is -3.81. The van der Waals surface area contributed by atoms with Gasteiger partial charge >= 0.3 is 0 Å². The van der Waals surface area contributed by atoms with Crippen molar-refractivity contribution in [1.82, 2.24) is 5.32 Å². The van der Waals surface area contributed by atoms with Crippen molar-refractivity contribution < 1.29 is 13.2 Å². The largest absolute Gasteiger partial charge is 0.352 e. The van der Waals surface area contributed by atoms with Crippen LogP contribution in [0.3, 0.4) is 0 Å². The van der Waals surface area contributed by atoms with Crippen LogP contribution in [0.4, 0.5) is 0 Å². The Morgan fingerprint density at radius 2 is 2.00 bits per heavy atom. The van der Waals surface area contributed by atoms with E-state index in [1.807, 2.05) is 0 Å². The summed E-state index contributed by atoms with van der Waals surface area (Å²) < 4.78 is 24.6. The highest BCUT2D eigenvalue weighted by molar-refractivity contribution is 7.92. The van der Waals surface area contributed by atoms with Crippen LogP contribution in [0.2, 0.25) is 10.0 Å². The van der Waals surface area contributed by atoms with Gasteiger partial charge in [0.05, 0.1) is 9.92 Å². The number of halogens is 2. The molecule has 4 nitrogen and oxygen atoms in total. The van der Waals surface area contributed by atoms with Crippen molar-refractivity contribution in [3.8, 4) is 0 Å². The SMILES string of the molecule is CC(C(=O)NC1CC1)S(=O)(=O)c1ccc(Cl)cc1Cl. The summed E-state index contributed by atoms with van der Waals surface area (Å²) in [5, 5.41) is 1.87. The third-order valence-electron chi connectivity index (χ3n) is 2.96. The molecule has 7 heteroatoms. The monoisotopic (exact) mass is 321 g/mol. The van der Waals surface area contributed by atoms with E-state index in [0.717, 1.165) is 12.8 Å². The van der Waals surface area contributed by atoms with E-state index in [2.05, 4.69) is 5.32 Å². The number of hydrogen-bond acceptors (Lipinski definition) is 3. The lowest BCUT2D eigenvalue weighted by Crippen LogP contribution is -2.39. The molecule has 0 heterocycles. The van der Waals surface area contributed by atoms with Gasteiger partial charge in [-0.1, -0.05) is 23.2 Å². The van der Waals surface area contributed by atoms with E-state index in [4.69, 9.17) is 23.2 Å². The van der Waals surface area contributed by atoms with Crippen molar-refractivity contribution in [3.05, 3.63) is 28.2 Å². The minimum atomic E-state index is -3.81. The van der Waals surface area contributed by atoms with Crippen molar-refractivity contribution in [3.63, 3.8) is 0 Å². The third kappa shape index (κ3) is 3.22. The molecule has 1 aromatic rings. The zero-order valence-corrected chi connectivity index (χ0v) is 12.5. The molecule has 0 aliphatic heterocycles. The van der Waals surface area contributed by atoms with Gasteiger partial charge in [-0.05, 0) is 38.0 Å². The summed E-state index contributed by atoms with van der Waals surface area (Å²) in [6.45, 7) is 1.36. The zero-order valence-electron chi connectivity index (χ0n) is 10.2. The molecule has 1 aromatic carbocycles. The highest BCUT2D eigenvalue weighted by Crippen LogP contribution is 2.28. The van der Waals surface area contributed by atoms with E-state index in [0.29, 0.717) is 5.02 Å². The van der Waals surface area contributed by atoms with Crippen molar-refractivity contribution in [2.24, 2.45) is 0 Å². The lowest BCUT2D eigenvalue weighted by molar-refractivity contribution is -0.120. The van der Waals surface area contributed by atoms with E-state index in [-0.39, 0.29) is 16.0 Å². The number of hydrogen-bond donors (Lipinski definition) is 1. The van der Waals surface area contributed by atoms with Gasteiger partial charge < -0.3 is 5.32 Å². The molecule has 0 aromatic heterocycles. The fraction of sp³-hybridized carbons (Fsp3) is 0.417. The molecule has 1 atom stereocenters. The number of rotatable bonds is 4. The minimum absolute atomic E-state index is 0.0265. The van der Waals surface area contributed by atoms with E-state index < -0.39 is 21.0 Å². The Kier molecular flexibility index (Phi) is 4.08. The van der Waals surface area contributed by atoms with Gasteiger partial charge in [0.1, 0.15) is 5.25 Å². The molecule has 0 bridgehead atoms. The molecule has 104 valence electrons. The predicted octanol–water partition coefficient (Wildman–Crippen LogP) is 2.43. The van der Waals surface area contributed by atoms with Crippen LogP contribution in [0.15, 0.2) is 23.1 Å². The molecule has 19 heavy (non-hydrogen) atoms. The standard InChI is InChI=1S/C12H13Cl2NO3S/c1-7(12(16)15-9-3-4-9)19(17,18)11-5-2-8(13)6-10(11)14/h2,5-7,9H,3-4H2,1H3,(H,15,16).